The molecule has 0 amide bonds. The summed E-state index contributed by atoms with van der Waals surface area (Å²) >= 11 is 1.69. The van der Waals surface area contributed by atoms with Crippen LogP contribution in [0.2, 0.25) is 0 Å². The summed E-state index contributed by atoms with van der Waals surface area (Å²) in [5.74, 6) is 0. The van der Waals surface area contributed by atoms with E-state index in [1.165, 1.54) is 0 Å². The highest BCUT2D eigenvalue weighted by molar-refractivity contribution is 14.1. The van der Waals surface area contributed by atoms with Crippen molar-refractivity contribution in [1.29, 1.82) is 0 Å². The molecule has 1 aromatic rings. The molecule has 3 N–H and O–H groups in total. The minimum atomic E-state index is -1.86. The summed E-state index contributed by atoms with van der Waals surface area (Å²) in [5, 5.41) is 18.3. The largest absolute Gasteiger partial charge is 0.394 e. The number of hydrogen-bond donors (Lipinski definition) is 3. The molecule has 0 spiro atoms. The van der Waals surface area contributed by atoms with Gasteiger partial charge in [0.15, 0.2) is 12.4 Å². The van der Waals surface area contributed by atoms with Gasteiger partial charge in [0, 0.05) is 6.20 Å². The molecular weight excluding hydrogens is 362 g/mol. The van der Waals surface area contributed by atoms with Crippen molar-refractivity contribution < 1.29 is 19.3 Å². The zero-order chi connectivity index (χ0) is 13.4. The van der Waals surface area contributed by atoms with E-state index in [1.807, 2.05) is 4.98 Å². The van der Waals surface area contributed by atoms with Gasteiger partial charge in [0.05, 0.1) is 10.2 Å². The molecule has 1 aliphatic heterocycles. The smallest absolute Gasteiger partial charge is 0.330 e. The van der Waals surface area contributed by atoms with Gasteiger partial charge in [0.1, 0.15) is 12.2 Å². The van der Waals surface area contributed by atoms with E-state index in [-0.39, 0.29) is 3.57 Å². The number of ether oxygens (including phenoxy) is 1. The molecule has 2 rings (SSSR count). The molecule has 1 unspecified atom stereocenters. The predicted octanol–water partition coefficient (Wildman–Crippen LogP) is -1.27. The van der Waals surface area contributed by atoms with E-state index < -0.39 is 42.5 Å². The predicted molar refractivity (Wildman–Crippen MR) is 65.9 cm³/mol. The fourth-order valence-electron chi connectivity index (χ4n) is 1.73. The Labute approximate surface area is 113 Å². The van der Waals surface area contributed by atoms with Crippen LogP contribution < -0.4 is 11.2 Å². The van der Waals surface area contributed by atoms with Crippen LogP contribution in [0.1, 0.15) is 6.23 Å². The van der Waals surface area contributed by atoms with Crippen molar-refractivity contribution in [3.8, 4) is 0 Å². The van der Waals surface area contributed by atoms with Gasteiger partial charge in [0.25, 0.3) is 5.56 Å². The third-order valence-electron chi connectivity index (χ3n) is 2.67. The second-order valence-electron chi connectivity index (χ2n) is 3.83. The Hall–Kier alpha value is -0.780. The van der Waals surface area contributed by atoms with E-state index in [2.05, 4.69) is 0 Å². The molecule has 0 saturated carbocycles. The van der Waals surface area contributed by atoms with Gasteiger partial charge in [0.2, 0.25) is 0 Å². The van der Waals surface area contributed by atoms with Crippen molar-refractivity contribution in [2.45, 2.75) is 24.6 Å². The van der Waals surface area contributed by atoms with Crippen LogP contribution in [-0.4, -0.2) is 44.8 Å². The van der Waals surface area contributed by atoms with Crippen molar-refractivity contribution in [1.82, 2.24) is 9.55 Å². The third kappa shape index (κ3) is 2.22. The van der Waals surface area contributed by atoms with E-state index in [4.69, 9.17) is 9.84 Å². The third-order valence-corrected chi connectivity index (χ3v) is 3.44. The zero-order valence-corrected chi connectivity index (χ0v) is 11.1. The Morgan fingerprint density at radius 3 is 2.78 bits per heavy atom. The van der Waals surface area contributed by atoms with Gasteiger partial charge in [-0.15, -0.1) is 0 Å². The fraction of sp³-hybridized carbons (Fsp3) is 0.556. The lowest BCUT2D eigenvalue weighted by atomic mass is 10.1. The highest BCUT2D eigenvalue weighted by Gasteiger charge is 2.45. The number of nitrogens with zero attached hydrogens (tertiary/aromatic N) is 1. The minimum absolute atomic E-state index is 0.185. The monoisotopic (exact) mass is 372 g/mol. The summed E-state index contributed by atoms with van der Waals surface area (Å²) in [4.78, 5) is 24.7. The molecule has 18 heavy (non-hydrogen) atoms. The van der Waals surface area contributed by atoms with Gasteiger partial charge in [-0.25, -0.2) is 9.18 Å². The van der Waals surface area contributed by atoms with Crippen LogP contribution in [0.5, 0.6) is 0 Å². The molecule has 0 aliphatic carbocycles. The summed E-state index contributed by atoms with van der Waals surface area (Å²) in [5.41, 5.74) is -1.41. The second kappa shape index (κ2) is 5.07. The highest BCUT2D eigenvalue weighted by Crippen LogP contribution is 2.30. The van der Waals surface area contributed by atoms with Gasteiger partial charge >= 0.3 is 5.69 Å². The van der Waals surface area contributed by atoms with Crippen LogP contribution in [0.15, 0.2) is 15.8 Å². The van der Waals surface area contributed by atoms with Crippen LogP contribution >= 0.6 is 22.6 Å². The number of halogens is 2. The second-order valence-corrected chi connectivity index (χ2v) is 4.99. The Kier molecular flexibility index (Phi) is 3.84. The molecule has 9 heteroatoms. The minimum Gasteiger partial charge on any atom is -0.394 e. The topological polar surface area (TPSA) is 105 Å². The van der Waals surface area contributed by atoms with E-state index in [9.17, 15) is 19.1 Å². The number of aromatic amines is 1. The quantitative estimate of drug-likeness (QED) is 0.562. The number of nitrogens with one attached hydrogen (secondary N) is 1. The molecule has 0 bridgehead atoms. The molecule has 7 nitrogen and oxygen atoms in total. The first kappa shape index (κ1) is 13.6. The van der Waals surface area contributed by atoms with Crippen LogP contribution in [0.25, 0.3) is 0 Å². The maximum Gasteiger partial charge on any atom is 0.330 e. The first-order valence-electron chi connectivity index (χ1n) is 5.05. The zero-order valence-electron chi connectivity index (χ0n) is 8.92. The maximum atomic E-state index is 13.8. The summed E-state index contributed by atoms with van der Waals surface area (Å²) in [6, 6.07) is 0. The number of hydrogen-bond acceptors (Lipinski definition) is 5. The van der Waals surface area contributed by atoms with Crippen LogP contribution in [-0.2, 0) is 4.74 Å². The van der Waals surface area contributed by atoms with Crippen molar-refractivity contribution in [3.05, 3.63) is 30.6 Å². The van der Waals surface area contributed by atoms with Gasteiger partial charge in [-0.1, -0.05) is 0 Å². The SMILES string of the molecule is O=c1[nH]c(=O)n([C@@H]2O[C@H](CO)[C@H](O)C2F)cc1I. The number of aliphatic hydroxyl groups excluding tert-OH is 2. The Bertz CT molecular complexity index is 559. The Balaban J connectivity index is 2.42. The molecule has 1 aliphatic rings. The van der Waals surface area contributed by atoms with E-state index in [0.717, 1.165) is 10.8 Å². The first-order chi connectivity index (χ1) is 8.45. The van der Waals surface area contributed by atoms with E-state index in [0.29, 0.717) is 0 Å². The highest BCUT2D eigenvalue weighted by atomic mass is 127. The Morgan fingerprint density at radius 2 is 2.22 bits per heavy atom. The van der Waals surface area contributed by atoms with E-state index in [1.54, 1.807) is 22.6 Å². The van der Waals surface area contributed by atoms with Crippen LogP contribution in [0.4, 0.5) is 4.39 Å². The van der Waals surface area contributed by atoms with Gasteiger partial charge in [-0.3, -0.25) is 14.3 Å². The molecule has 2 heterocycles. The van der Waals surface area contributed by atoms with Gasteiger partial charge < -0.3 is 14.9 Å². The van der Waals surface area contributed by atoms with Crippen molar-refractivity contribution in [2.75, 3.05) is 6.61 Å². The number of rotatable bonds is 2. The van der Waals surface area contributed by atoms with Crippen molar-refractivity contribution in [2.24, 2.45) is 0 Å². The molecule has 1 fully saturated rings. The number of aromatic nitrogens is 2. The molecule has 0 radical (unpaired) electrons. The lowest BCUT2D eigenvalue weighted by molar-refractivity contribution is -0.0492. The lowest BCUT2D eigenvalue weighted by Gasteiger charge is -2.15. The normalized spacial score (nSPS) is 31.8. The Morgan fingerprint density at radius 1 is 1.56 bits per heavy atom. The molecular formula is C9H10FIN2O5. The molecule has 100 valence electrons. The number of aliphatic hydroxyl groups is 2. The fourth-order valence-corrected chi connectivity index (χ4v) is 2.16. The van der Waals surface area contributed by atoms with Gasteiger partial charge in [-0.05, 0) is 22.6 Å². The van der Waals surface area contributed by atoms with Crippen LogP contribution in [0.3, 0.4) is 0 Å². The number of alkyl halides is 1. The molecule has 1 saturated heterocycles. The lowest BCUT2D eigenvalue weighted by Crippen LogP contribution is -2.37. The van der Waals surface area contributed by atoms with E-state index >= 15 is 0 Å². The standard InChI is InChI=1S/C9H10FIN2O5/c10-5-6(15)4(2-14)18-8(5)13-1-3(11)7(16)12-9(13)17/h1,4-6,8,14-15H,2H2,(H,12,16,17)/t4-,5?,6+,8-/m1/s1. The summed E-state index contributed by atoms with van der Waals surface area (Å²) in [6.07, 6.45) is -4.69. The average Bonchev–Trinajstić information content (AvgIpc) is 2.61. The summed E-state index contributed by atoms with van der Waals surface area (Å²) < 4.78 is 19.9. The molecule has 1 aromatic heterocycles. The first-order valence-corrected chi connectivity index (χ1v) is 6.13. The molecule has 4 atom stereocenters. The van der Waals surface area contributed by atoms with Gasteiger partial charge in [-0.2, -0.15) is 0 Å². The average molecular weight is 372 g/mol. The number of H-pyrrole nitrogens is 1. The van der Waals surface area contributed by atoms with Crippen LogP contribution in [0, 0.1) is 3.57 Å². The molecule has 0 aromatic carbocycles. The summed E-state index contributed by atoms with van der Waals surface area (Å²) in [7, 11) is 0. The maximum absolute atomic E-state index is 13.8. The van der Waals surface area contributed by atoms with Crippen molar-refractivity contribution in [3.63, 3.8) is 0 Å². The summed E-state index contributed by atoms with van der Waals surface area (Å²) in [6.45, 7) is -0.562. The van der Waals surface area contributed by atoms with Crippen molar-refractivity contribution >= 4 is 22.6 Å².